The van der Waals surface area contributed by atoms with Crippen LogP contribution in [0.15, 0.2) is 78.9 Å². The number of aromatic nitrogens is 1. The molecule has 2 heteroatoms. The van der Waals surface area contributed by atoms with E-state index in [2.05, 4.69) is 85.8 Å². The second kappa shape index (κ2) is 6.65. The molecule has 1 nitrogen and oxygen atoms in total. The van der Waals surface area contributed by atoms with Crippen LogP contribution >= 0.6 is 7.92 Å². The first-order chi connectivity index (χ1) is 10.4. The van der Waals surface area contributed by atoms with E-state index in [1.165, 1.54) is 16.0 Å². The van der Waals surface area contributed by atoms with Crippen molar-refractivity contribution < 1.29 is 0 Å². The number of aryl methyl sites for hydroxylation is 1. The minimum absolute atomic E-state index is 0.579. The maximum absolute atomic E-state index is 4.87. The lowest BCUT2D eigenvalue weighted by atomic mass is 10.3. The van der Waals surface area contributed by atoms with Crippen molar-refractivity contribution in [3.63, 3.8) is 0 Å². The molecule has 0 aliphatic rings. The SMILES string of the molecule is CCc1cccc(P(c2ccccc2)c2ccccc2)n1. The zero-order valence-corrected chi connectivity index (χ0v) is 13.0. The molecule has 3 aromatic rings. The van der Waals surface area contributed by atoms with Crippen LogP contribution in [0.5, 0.6) is 0 Å². The summed E-state index contributed by atoms with van der Waals surface area (Å²) in [6, 6.07) is 27.8. The minimum atomic E-state index is -0.579. The molecule has 0 unspecified atom stereocenters. The van der Waals surface area contributed by atoms with Crippen molar-refractivity contribution in [1.29, 1.82) is 0 Å². The monoisotopic (exact) mass is 291 g/mol. The van der Waals surface area contributed by atoms with Gasteiger partial charge < -0.3 is 0 Å². The van der Waals surface area contributed by atoms with E-state index < -0.39 is 7.92 Å². The van der Waals surface area contributed by atoms with Crippen LogP contribution in [0.2, 0.25) is 0 Å². The lowest BCUT2D eigenvalue weighted by Crippen LogP contribution is -2.23. The molecule has 0 amide bonds. The van der Waals surface area contributed by atoms with Crippen molar-refractivity contribution in [1.82, 2.24) is 4.98 Å². The highest BCUT2D eigenvalue weighted by molar-refractivity contribution is 7.79. The Hall–Kier alpha value is -1.98. The van der Waals surface area contributed by atoms with Gasteiger partial charge in [0.15, 0.2) is 0 Å². The normalized spacial score (nSPS) is 10.8. The van der Waals surface area contributed by atoms with E-state index in [4.69, 9.17) is 4.98 Å². The molecule has 0 aliphatic carbocycles. The molecule has 104 valence electrons. The summed E-state index contributed by atoms with van der Waals surface area (Å²) in [4.78, 5) is 4.87. The maximum atomic E-state index is 4.87. The third-order valence-corrected chi connectivity index (χ3v) is 5.75. The van der Waals surface area contributed by atoms with Crippen molar-refractivity contribution in [2.75, 3.05) is 0 Å². The molecule has 0 spiro atoms. The summed E-state index contributed by atoms with van der Waals surface area (Å²) >= 11 is 0. The summed E-state index contributed by atoms with van der Waals surface area (Å²) in [7, 11) is -0.579. The van der Waals surface area contributed by atoms with Crippen LogP contribution in [0.3, 0.4) is 0 Å². The molecule has 0 atom stereocenters. The van der Waals surface area contributed by atoms with E-state index in [1.54, 1.807) is 0 Å². The Kier molecular flexibility index (Phi) is 4.43. The molecule has 3 rings (SSSR count). The predicted molar refractivity (Wildman–Crippen MR) is 92.3 cm³/mol. The number of hydrogen-bond donors (Lipinski definition) is 0. The molecular formula is C19H18NP. The van der Waals surface area contributed by atoms with Crippen LogP contribution in [0, 0.1) is 0 Å². The van der Waals surface area contributed by atoms with E-state index in [1.807, 2.05) is 0 Å². The molecule has 0 radical (unpaired) electrons. The standard InChI is InChI=1S/C19H18NP/c1-2-16-10-9-15-19(20-16)21(17-11-5-3-6-12-17)18-13-7-4-8-14-18/h3-15H,2H2,1H3. The largest absolute Gasteiger partial charge is 0.252 e. The molecule has 1 aromatic heterocycles. The Morgan fingerprint density at radius 1 is 0.714 bits per heavy atom. The van der Waals surface area contributed by atoms with Gasteiger partial charge >= 0.3 is 0 Å². The molecule has 21 heavy (non-hydrogen) atoms. The number of nitrogens with zero attached hydrogens (tertiary/aromatic N) is 1. The third-order valence-electron chi connectivity index (χ3n) is 3.41. The Morgan fingerprint density at radius 3 is 1.81 bits per heavy atom. The average Bonchev–Trinajstić information content (AvgIpc) is 2.57. The Bertz CT molecular complexity index is 656. The van der Waals surface area contributed by atoms with E-state index in [0.717, 1.165) is 12.1 Å². The summed E-state index contributed by atoms with van der Waals surface area (Å²) in [6.45, 7) is 2.15. The first kappa shape index (κ1) is 14.0. The summed E-state index contributed by atoms with van der Waals surface area (Å²) in [5, 5.41) is 2.69. The third kappa shape index (κ3) is 3.20. The van der Waals surface area contributed by atoms with Gasteiger partial charge in [-0.2, -0.15) is 0 Å². The zero-order valence-electron chi connectivity index (χ0n) is 12.1. The molecule has 0 bridgehead atoms. The Morgan fingerprint density at radius 2 is 1.29 bits per heavy atom. The van der Waals surface area contributed by atoms with E-state index >= 15 is 0 Å². The highest BCUT2D eigenvalue weighted by atomic mass is 31.1. The lowest BCUT2D eigenvalue weighted by molar-refractivity contribution is 1.05. The van der Waals surface area contributed by atoms with Crippen molar-refractivity contribution in [3.8, 4) is 0 Å². The first-order valence-electron chi connectivity index (χ1n) is 7.24. The highest BCUT2D eigenvalue weighted by Gasteiger charge is 2.17. The summed E-state index contributed by atoms with van der Waals surface area (Å²) in [6.07, 6.45) is 0.973. The van der Waals surface area contributed by atoms with Gasteiger partial charge in [-0.3, -0.25) is 4.98 Å². The van der Waals surface area contributed by atoms with Crippen molar-refractivity contribution in [2.24, 2.45) is 0 Å². The lowest BCUT2D eigenvalue weighted by Gasteiger charge is -2.18. The van der Waals surface area contributed by atoms with Gasteiger partial charge in [0, 0.05) is 13.6 Å². The maximum Gasteiger partial charge on any atom is 0.0724 e. The van der Waals surface area contributed by atoms with Crippen LogP contribution in [0.25, 0.3) is 0 Å². The van der Waals surface area contributed by atoms with Gasteiger partial charge in [-0.15, -0.1) is 0 Å². The summed E-state index contributed by atoms with van der Waals surface area (Å²) in [5.41, 5.74) is 2.34. The van der Waals surface area contributed by atoms with Crippen molar-refractivity contribution in [3.05, 3.63) is 84.6 Å². The smallest absolute Gasteiger partial charge is 0.0724 e. The minimum Gasteiger partial charge on any atom is -0.252 e. The zero-order chi connectivity index (χ0) is 14.5. The fourth-order valence-electron chi connectivity index (χ4n) is 2.36. The van der Waals surface area contributed by atoms with Gasteiger partial charge in [0.05, 0.1) is 5.44 Å². The Balaban J connectivity index is 2.12. The van der Waals surface area contributed by atoms with Crippen LogP contribution in [0.1, 0.15) is 12.6 Å². The van der Waals surface area contributed by atoms with Crippen molar-refractivity contribution >= 4 is 24.0 Å². The van der Waals surface area contributed by atoms with Gasteiger partial charge in [-0.05, 0) is 29.2 Å². The van der Waals surface area contributed by atoms with Gasteiger partial charge in [0.1, 0.15) is 0 Å². The van der Waals surface area contributed by atoms with Gasteiger partial charge in [-0.25, -0.2) is 0 Å². The number of hydrogen-bond acceptors (Lipinski definition) is 1. The second-order valence-corrected chi connectivity index (χ2v) is 7.01. The topological polar surface area (TPSA) is 12.9 Å². The summed E-state index contributed by atoms with van der Waals surface area (Å²) in [5.74, 6) is 0. The van der Waals surface area contributed by atoms with E-state index in [0.29, 0.717) is 0 Å². The van der Waals surface area contributed by atoms with Crippen LogP contribution < -0.4 is 16.0 Å². The molecule has 0 saturated carbocycles. The van der Waals surface area contributed by atoms with Crippen molar-refractivity contribution in [2.45, 2.75) is 13.3 Å². The van der Waals surface area contributed by atoms with E-state index in [-0.39, 0.29) is 0 Å². The van der Waals surface area contributed by atoms with Gasteiger partial charge in [0.25, 0.3) is 0 Å². The molecule has 1 heterocycles. The summed E-state index contributed by atoms with van der Waals surface area (Å²) < 4.78 is 0. The van der Waals surface area contributed by atoms with Crippen LogP contribution in [-0.2, 0) is 6.42 Å². The predicted octanol–water partition coefficient (Wildman–Crippen LogP) is 3.40. The van der Waals surface area contributed by atoms with Gasteiger partial charge in [-0.1, -0.05) is 73.7 Å². The molecule has 2 aromatic carbocycles. The molecule has 0 aliphatic heterocycles. The Labute approximate surface area is 127 Å². The van der Waals surface area contributed by atoms with E-state index in [9.17, 15) is 0 Å². The fourth-order valence-corrected chi connectivity index (χ4v) is 4.59. The first-order valence-corrected chi connectivity index (χ1v) is 8.59. The molecule has 0 fully saturated rings. The number of benzene rings is 2. The highest BCUT2D eigenvalue weighted by Crippen LogP contribution is 2.31. The van der Waals surface area contributed by atoms with Crippen LogP contribution in [0.4, 0.5) is 0 Å². The molecule has 0 N–H and O–H groups in total. The second-order valence-electron chi connectivity index (χ2n) is 4.85. The average molecular weight is 291 g/mol. The fraction of sp³-hybridized carbons (Fsp3) is 0.105. The molecule has 0 saturated heterocycles. The number of rotatable bonds is 4. The van der Waals surface area contributed by atoms with Gasteiger partial charge in [0.2, 0.25) is 0 Å². The van der Waals surface area contributed by atoms with Crippen LogP contribution in [-0.4, -0.2) is 4.98 Å². The molecular weight excluding hydrogens is 273 g/mol. The quantitative estimate of drug-likeness (QED) is 0.671. The number of pyridine rings is 1.